The zero-order chi connectivity index (χ0) is 13.4. The predicted octanol–water partition coefficient (Wildman–Crippen LogP) is 4.98. The van der Waals surface area contributed by atoms with Gasteiger partial charge in [0.1, 0.15) is 0 Å². The summed E-state index contributed by atoms with van der Waals surface area (Å²) >= 11 is 6.12. The van der Waals surface area contributed by atoms with E-state index >= 15 is 0 Å². The van der Waals surface area contributed by atoms with Gasteiger partial charge in [0, 0.05) is 6.04 Å². The molecule has 2 nitrogen and oxygen atoms in total. The molecule has 0 amide bonds. The Hall–Kier alpha value is -1.20. The number of nitrogens with zero attached hydrogens (tertiary/aromatic N) is 1. The van der Waals surface area contributed by atoms with Crippen LogP contribution in [0.4, 0.5) is 5.69 Å². The Morgan fingerprint density at radius 1 is 1.33 bits per heavy atom. The molecular weight excluding hydrogens is 244 g/mol. The molecule has 1 unspecified atom stereocenters. The number of hydrogen-bond acceptors (Lipinski definition) is 2. The van der Waals surface area contributed by atoms with Crippen LogP contribution in [0.1, 0.15) is 51.5 Å². The van der Waals surface area contributed by atoms with Crippen LogP contribution in [0.5, 0.6) is 0 Å². The van der Waals surface area contributed by atoms with Crippen molar-refractivity contribution in [1.29, 1.82) is 5.26 Å². The molecule has 0 aliphatic rings. The number of benzene rings is 1. The lowest BCUT2D eigenvalue weighted by molar-refractivity contribution is 0.594. The Morgan fingerprint density at radius 2 is 2.11 bits per heavy atom. The number of nitriles is 1. The first-order chi connectivity index (χ1) is 8.67. The van der Waals surface area contributed by atoms with Crippen LogP contribution in [-0.2, 0) is 0 Å². The molecule has 3 heteroatoms. The lowest BCUT2D eigenvalue weighted by Gasteiger charge is -2.16. The molecule has 0 aromatic heterocycles. The van der Waals surface area contributed by atoms with Crippen molar-refractivity contribution in [3.05, 3.63) is 28.8 Å². The summed E-state index contributed by atoms with van der Waals surface area (Å²) in [6.07, 6.45) is 6.27. The quantitative estimate of drug-likeness (QED) is 0.705. The van der Waals surface area contributed by atoms with Crippen molar-refractivity contribution in [2.45, 2.75) is 52.0 Å². The third-order valence-corrected chi connectivity index (χ3v) is 3.30. The molecule has 0 saturated heterocycles. The van der Waals surface area contributed by atoms with Gasteiger partial charge >= 0.3 is 0 Å². The van der Waals surface area contributed by atoms with Gasteiger partial charge in [-0.1, -0.05) is 44.2 Å². The smallest absolute Gasteiger partial charge is 0.0992 e. The van der Waals surface area contributed by atoms with E-state index in [1.54, 1.807) is 12.1 Å². The topological polar surface area (TPSA) is 35.8 Å². The maximum Gasteiger partial charge on any atom is 0.0992 e. The summed E-state index contributed by atoms with van der Waals surface area (Å²) in [5.41, 5.74) is 1.51. The summed E-state index contributed by atoms with van der Waals surface area (Å²) < 4.78 is 0. The highest BCUT2D eigenvalue weighted by atomic mass is 35.5. The van der Waals surface area contributed by atoms with Gasteiger partial charge in [-0.25, -0.2) is 0 Å². The third kappa shape index (κ3) is 4.98. The van der Waals surface area contributed by atoms with E-state index < -0.39 is 0 Å². The average molecular weight is 265 g/mol. The average Bonchev–Trinajstić information content (AvgIpc) is 2.37. The second-order valence-corrected chi connectivity index (χ2v) is 5.11. The van der Waals surface area contributed by atoms with Gasteiger partial charge in [-0.05, 0) is 31.5 Å². The largest absolute Gasteiger partial charge is 0.381 e. The molecule has 0 saturated carbocycles. The summed E-state index contributed by atoms with van der Waals surface area (Å²) in [5, 5.41) is 12.8. The second kappa shape index (κ2) is 8.00. The van der Waals surface area contributed by atoms with Gasteiger partial charge in [-0.15, -0.1) is 0 Å². The van der Waals surface area contributed by atoms with Crippen LogP contribution in [0.3, 0.4) is 0 Å². The van der Waals surface area contributed by atoms with Crippen LogP contribution in [0.25, 0.3) is 0 Å². The maximum absolute atomic E-state index is 8.77. The number of anilines is 1. The van der Waals surface area contributed by atoms with E-state index in [1.165, 1.54) is 25.7 Å². The van der Waals surface area contributed by atoms with Crippen molar-refractivity contribution < 1.29 is 0 Å². The molecule has 0 aliphatic heterocycles. The summed E-state index contributed by atoms with van der Waals surface area (Å²) in [6, 6.07) is 7.86. The molecule has 1 N–H and O–H groups in total. The van der Waals surface area contributed by atoms with E-state index in [0.717, 1.165) is 12.1 Å². The van der Waals surface area contributed by atoms with Crippen LogP contribution in [0, 0.1) is 11.3 Å². The van der Waals surface area contributed by atoms with Gasteiger partial charge in [-0.2, -0.15) is 5.26 Å². The number of hydrogen-bond donors (Lipinski definition) is 1. The third-order valence-electron chi connectivity index (χ3n) is 2.99. The Balaban J connectivity index is 2.44. The van der Waals surface area contributed by atoms with Crippen LogP contribution in [0.2, 0.25) is 5.02 Å². The van der Waals surface area contributed by atoms with E-state index in [4.69, 9.17) is 16.9 Å². The Morgan fingerprint density at radius 3 is 2.72 bits per heavy atom. The second-order valence-electron chi connectivity index (χ2n) is 4.70. The Bertz CT molecular complexity index is 409. The van der Waals surface area contributed by atoms with Gasteiger partial charge in [-0.3, -0.25) is 0 Å². The van der Waals surface area contributed by atoms with E-state index in [1.807, 2.05) is 6.07 Å². The van der Waals surface area contributed by atoms with Crippen molar-refractivity contribution in [2.24, 2.45) is 0 Å². The molecule has 1 aromatic rings. The van der Waals surface area contributed by atoms with Gasteiger partial charge < -0.3 is 5.32 Å². The van der Waals surface area contributed by atoms with Crippen molar-refractivity contribution in [2.75, 3.05) is 5.32 Å². The molecule has 0 bridgehead atoms. The normalized spacial score (nSPS) is 11.9. The molecule has 0 spiro atoms. The fourth-order valence-corrected chi connectivity index (χ4v) is 2.15. The first kappa shape index (κ1) is 14.9. The number of rotatable bonds is 7. The zero-order valence-electron chi connectivity index (χ0n) is 11.2. The summed E-state index contributed by atoms with van der Waals surface area (Å²) in [6.45, 7) is 4.39. The van der Waals surface area contributed by atoms with Crippen LogP contribution in [0.15, 0.2) is 18.2 Å². The van der Waals surface area contributed by atoms with E-state index in [2.05, 4.69) is 25.2 Å². The zero-order valence-corrected chi connectivity index (χ0v) is 11.9. The standard InChI is InChI=1S/C15H21ClN2/c1-3-4-5-6-7-12(2)18-15-9-8-13(11-17)10-14(15)16/h8-10,12,18H,3-7H2,1-2H3. The highest BCUT2D eigenvalue weighted by Gasteiger charge is 2.06. The molecular formula is C15H21ClN2. The number of nitrogens with one attached hydrogen (secondary N) is 1. The summed E-state index contributed by atoms with van der Waals surface area (Å²) in [4.78, 5) is 0. The molecule has 1 aromatic carbocycles. The van der Waals surface area contributed by atoms with E-state index in [-0.39, 0.29) is 0 Å². The highest BCUT2D eigenvalue weighted by Crippen LogP contribution is 2.24. The van der Waals surface area contributed by atoms with Gasteiger partial charge in [0.05, 0.1) is 22.3 Å². The fourth-order valence-electron chi connectivity index (χ4n) is 1.92. The fraction of sp³-hybridized carbons (Fsp3) is 0.533. The maximum atomic E-state index is 8.77. The first-order valence-corrected chi connectivity index (χ1v) is 7.01. The molecule has 1 atom stereocenters. The summed E-state index contributed by atoms with van der Waals surface area (Å²) in [7, 11) is 0. The molecule has 98 valence electrons. The van der Waals surface area contributed by atoms with Crippen LogP contribution >= 0.6 is 11.6 Å². The number of unbranched alkanes of at least 4 members (excludes halogenated alkanes) is 3. The molecule has 0 heterocycles. The number of halogens is 1. The first-order valence-electron chi connectivity index (χ1n) is 6.63. The van der Waals surface area contributed by atoms with Gasteiger partial charge in [0.2, 0.25) is 0 Å². The SMILES string of the molecule is CCCCCCC(C)Nc1ccc(C#N)cc1Cl. The minimum absolute atomic E-state index is 0.410. The highest BCUT2D eigenvalue weighted by molar-refractivity contribution is 6.33. The Kier molecular flexibility index (Phi) is 6.60. The van der Waals surface area contributed by atoms with Crippen molar-refractivity contribution >= 4 is 17.3 Å². The molecule has 0 fully saturated rings. The minimum atomic E-state index is 0.410. The minimum Gasteiger partial charge on any atom is -0.381 e. The molecule has 0 aliphatic carbocycles. The van der Waals surface area contributed by atoms with Gasteiger partial charge in [0.25, 0.3) is 0 Å². The van der Waals surface area contributed by atoms with Crippen molar-refractivity contribution in [1.82, 2.24) is 0 Å². The van der Waals surface area contributed by atoms with Crippen molar-refractivity contribution in [3.63, 3.8) is 0 Å². The van der Waals surface area contributed by atoms with E-state index in [9.17, 15) is 0 Å². The van der Waals surface area contributed by atoms with Crippen molar-refractivity contribution in [3.8, 4) is 6.07 Å². The monoisotopic (exact) mass is 264 g/mol. The Labute approximate surface area is 115 Å². The summed E-state index contributed by atoms with van der Waals surface area (Å²) in [5.74, 6) is 0. The molecule has 18 heavy (non-hydrogen) atoms. The lowest BCUT2D eigenvalue weighted by atomic mass is 10.1. The predicted molar refractivity (Wildman–Crippen MR) is 78.0 cm³/mol. The lowest BCUT2D eigenvalue weighted by Crippen LogP contribution is -2.15. The van der Waals surface area contributed by atoms with E-state index in [0.29, 0.717) is 16.6 Å². The van der Waals surface area contributed by atoms with Gasteiger partial charge in [0.15, 0.2) is 0 Å². The molecule has 0 radical (unpaired) electrons. The van der Waals surface area contributed by atoms with Crippen LogP contribution in [-0.4, -0.2) is 6.04 Å². The van der Waals surface area contributed by atoms with Crippen LogP contribution < -0.4 is 5.32 Å². The molecule has 1 rings (SSSR count).